The fraction of sp³-hybridized carbons (Fsp3) is 0.263. The number of ether oxygens (including phenoxy) is 1. The summed E-state index contributed by atoms with van der Waals surface area (Å²) in [6, 6.07) is 13.2. The maximum atomic E-state index is 12.1. The van der Waals surface area contributed by atoms with Crippen LogP contribution in [-0.4, -0.2) is 36.0 Å². The third kappa shape index (κ3) is 4.12. The van der Waals surface area contributed by atoms with Crippen LogP contribution in [0.5, 0.6) is 0 Å². The van der Waals surface area contributed by atoms with Crippen molar-refractivity contribution in [3.05, 3.63) is 69.8 Å². The van der Waals surface area contributed by atoms with Crippen LogP contribution < -0.4 is 10.6 Å². The van der Waals surface area contributed by atoms with E-state index in [1.54, 1.807) is 7.11 Å². The Bertz CT molecular complexity index is 854. The number of hydrogen-bond acceptors (Lipinski definition) is 5. The van der Waals surface area contributed by atoms with E-state index in [0.717, 1.165) is 0 Å². The van der Waals surface area contributed by atoms with Crippen LogP contribution in [0.25, 0.3) is 0 Å². The number of nitrogens with zero attached hydrogens (tertiary/aromatic N) is 1. The van der Waals surface area contributed by atoms with Gasteiger partial charge in [0.2, 0.25) is 0 Å². The molecule has 0 fully saturated rings. The molecule has 0 spiro atoms. The van der Waals surface area contributed by atoms with E-state index in [1.165, 1.54) is 35.4 Å². The van der Waals surface area contributed by atoms with E-state index < -0.39 is 22.3 Å². The highest BCUT2D eigenvalue weighted by Gasteiger charge is 2.37. The van der Waals surface area contributed by atoms with Crippen molar-refractivity contribution in [2.24, 2.45) is 0 Å². The molecule has 3 rings (SSSR count). The van der Waals surface area contributed by atoms with Crippen molar-refractivity contribution in [3.63, 3.8) is 0 Å². The van der Waals surface area contributed by atoms with Gasteiger partial charge in [0.05, 0.1) is 10.5 Å². The first kappa shape index (κ1) is 18.5. The molecule has 1 aliphatic rings. The average molecular weight is 369 g/mol. The van der Waals surface area contributed by atoms with E-state index in [9.17, 15) is 19.7 Å². The minimum absolute atomic E-state index is 0.0970. The van der Waals surface area contributed by atoms with Gasteiger partial charge in [-0.15, -0.1) is 0 Å². The van der Waals surface area contributed by atoms with Gasteiger partial charge in [-0.1, -0.05) is 24.3 Å². The van der Waals surface area contributed by atoms with E-state index in [0.29, 0.717) is 18.5 Å². The van der Waals surface area contributed by atoms with Crippen LogP contribution in [0.2, 0.25) is 0 Å². The summed E-state index contributed by atoms with van der Waals surface area (Å²) in [4.78, 5) is 34.3. The number of anilines is 1. The van der Waals surface area contributed by atoms with Crippen molar-refractivity contribution in [2.45, 2.75) is 18.4 Å². The molecular weight excluding hydrogens is 350 g/mol. The molecule has 0 aliphatic heterocycles. The lowest BCUT2D eigenvalue weighted by Crippen LogP contribution is -2.48. The van der Waals surface area contributed by atoms with Crippen LogP contribution in [0.1, 0.15) is 11.1 Å². The molecule has 0 bridgehead atoms. The van der Waals surface area contributed by atoms with Crippen molar-refractivity contribution in [1.29, 1.82) is 0 Å². The predicted molar refractivity (Wildman–Crippen MR) is 98.3 cm³/mol. The zero-order valence-corrected chi connectivity index (χ0v) is 14.7. The third-order valence-corrected chi connectivity index (χ3v) is 4.69. The maximum absolute atomic E-state index is 12.1. The van der Waals surface area contributed by atoms with E-state index in [2.05, 4.69) is 10.6 Å². The molecule has 1 aliphatic carbocycles. The summed E-state index contributed by atoms with van der Waals surface area (Å²) in [7, 11) is 1.59. The van der Waals surface area contributed by atoms with Crippen LogP contribution in [0.3, 0.4) is 0 Å². The third-order valence-electron chi connectivity index (χ3n) is 4.69. The second-order valence-corrected chi connectivity index (χ2v) is 6.45. The fourth-order valence-electron chi connectivity index (χ4n) is 3.18. The van der Waals surface area contributed by atoms with E-state index in [-0.39, 0.29) is 12.2 Å². The molecule has 140 valence electrons. The highest BCUT2D eigenvalue weighted by atomic mass is 16.6. The van der Waals surface area contributed by atoms with Gasteiger partial charge in [-0.25, -0.2) is 0 Å². The Morgan fingerprint density at radius 2 is 1.67 bits per heavy atom. The second-order valence-electron chi connectivity index (χ2n) is 6.45. The lowest BCUT2D eigenvalue weighted by molar-refractivity contribution is -0.384. The average Bonchev–Trinajstić information content (AvgIpc) is 3.05. The Labute approximate surface area is 155 Å². The van der Waals surface area contributed by atoms with Gasteiger partial charge in [0.15, 0.2) is 0 Å². The fourth-order valence-corrected chi connectivity index (χ4v) is 3.18. The number of carbonyl (C=O) groups excluding carboxylic acids is 2. The quantitative estimate of drug-likeness (QED) is 0.475. The van der Waals surface area contributed by atoms with E-state index >= 15 is 0 Å². The first-order valence-electron chi connectivity index (χ1n) is 8.38. The number of hydrogen-bond donors (Lipinski definition) is 2. The first-order valence-corrected chi connectivity index (χ1v) is 8.38. The number of methoxy groups -OCH3 is 1. The Kier molecular flexibility index (Phi) is 5.18. The highest BCUT2D eigenvalue weighted by molar-refractivity contribution is 6.39. The highest BCUT2D eigenvalue weighted by Crippen LogP contribution is 2.32. The zero-order chi connectivity index (χ0) is 19.4. The smallest absolute Gasteiger partial charge is 0.313 e. The van der Waals surface area contributed by atoms with Crippen LogP contribution >= 0.6 is 0 Å². The van der Waals surface area contributed by atoms with Crippen molar-refractivity contribution >= 4 is 23.2 Å². The van der Waals surface area contributed by atoms with Crippen molar-refractivity contribution in [2.75, 3.05) is 19.0 Å². The SMILES string of the molecule is COC1(CNC(=O)C(=O)Nc2ccc([N+](=O)[O-])cc2)Cc2ccccc2C1. The zero-order valence-electron chi connectivity index (χ0n) is 14.7. The number of fused-ring (bicyclic) bond motifs is 1. The first-order chi connectivity index (χ1) is 12.9. The molecule has 8 nitrogen and oxygen atoms in total. The molecule has 2 aromatic carbocycles. The molecule has 0 saturated carbocycles. The van der Waals surface area contributed by atoms with Gasteiger partial charge in [-0.3, -0.25) is 19.7 Å². The summed E-state index contributed by atoms with van der Waals surface area (Å²) in [6.07, 6.45) is 1.31. The topological polar surface area (TPSA) is 111 Å². The van der Waals surface area contributed by atoms with Gasteiger partial charge in [0.1, 0.15) is 0 Å². The molecule has 0 heterocycles. The summed E-state index contributed by atoms with van der Waals surface area (Å²) < 4.78 is 5.66. The molecule has 2 aromatic rings. The minimum Gasteiger partial charge on any atom is -0.376 e. The molecule has 0 atom stereocenters. The van der Waals surface area contributed by atoms with E-state index in [1.807, 2.05) is 24.3 Å². The molecule has 8 heteroatoms. The van der Waals surface area contributed by atoms with Crippen molar-refractivity contribution < 1.29 is 19.2 Å². The van der Waals surface area contributed by atoms with Gasteiger partial charge in [-0.2, -0.15) is 0 Å². The van der Waals surface area contributed by atoms with Gasteiger partial charge in [0.25, 0.3) is 5.69 Å². The lowest BCUT2D eigenvalue weighted by Gasteiger charge is -2.27. The molecule has 2 N–H and O–H groups in total. The number of rotatable bonds is 5. The molecular formula is C19H19N3O5. The number of nitro benzene ring substituents is 1. The number of nitro groups is 1. The van der Waals surface area contributed by atoms with E-state index in [4.69, 9.17) is 4.74 Å². The number of amides is 2. The molecule has 27 heavy (non-hydrogen) atoms. The van der Waals surface area contributed by atoms with Crippen LogP contribution in [-0.2, 0) is 27.2 Å². The van der Waals surface area contributed by atoms with Crippen molar-refractivity contribution in [3.8, 4) is 0 Å². The van der Waals surface area contributed by atoms with Crippen LogP contribution in [0.4, 0.5) is 11.4 Å². The Morgan fingerprint density at radius 1 is 1.07 bits per heavy atom. The summed E-state index contributed by atoms with van der Waals surface area (Å²) in [5, 5.41) is 15.7. The maximum Gasteiger partial charge on any atom is 0.313 e. The Hall–Kier alpha value is -3.26. The largest absolute Gasteiger partial charge is 0.376 e. The minimum atomic E-state index is -0.842. The van der Waals surface area contributed by atoms with Crippen molar-refractivity contribution in [1.82, 2.24) is 5.32 Å². The predicted octanol–water partition coefficient (Wildman–Crippen LogP) is 1.83. The molecule has 2 amide bonds. The number of carbonyl (C=O) groups is 2. The summed E-state index contributed by atoms with van der Waals surface area (Å²) in [5.41, 5.74) is 1.97. The number of non-ortho nitro benzene ring substituents is 1. The van der Waals surface area contributed by atoms with Gasteiger partial charge < -0.3 is 15.4 Å². The Morgan fingerprint density at radius 3 is 2.19 bits per heavy atom. The number of nitrogens with one attached hydrogen (secondary N) is 2. The number of benzene rings is 2. The second kappa shape index (κ2) is 7.55. The normalized spacial score (nSPS) is 14.3. The Balaban J connectivity index is 1.57. The molecule has 0 radical (unpaired) electrons. The summed E-state index contributed by atoms with van der Waals surface area (Å²) >= 11 is 0. The lowest BCUT2D eigenvalue weighted by atomic mass is 10.00. The standard InChI is InChI=1S/C19H19N3O5/c1-27-19(10-13-4-2-3-5-14(13)11-19)12-20-17(23)18(24)21-15-6-8-16(9-7-15)22(25)26/h2-9H,10-12H2,1H3,(H,20,23)(H,21,24). The van der Waals surface area contributed by atoms with Gasteiger partial charge in [-0.05, 0) is 23.3 Å². The van der Waals surface area contributed by atoms with Crippen LogP contribution in [0.15, 0.2) is 48.5 Å². The molecule has 0 aromatic heterocycles. The summed E-state index contributed by atoms with van der Waals surface area (Å²) in [6.45, 7) is 0.199. The van der Waals surface area contributed by atoms with Crippen LogP contribution in [0, 0.1) is 10.1 Å². The molecule has 0 unspecified atom stereocenters. The monoisotopic (exact) mass is 369 g/mol. The van der Waals surface area contributed by atoms with Gasteiger partial charge >= 0.3 is 11.8 Å². The summed E-state index contributed by atoms with van der Waals surface area (Å²) in [5.74, 6) is -1.63. The van der Waals surface area contributed by atoms with Gasteiger partial charge in [0, 0.05) is 44.3 Å². The molecule has 0 saturated heterocycles.